The van der Waals surface area contributed by atoms with E-state index in [1.807, 2.05) is 0 Å². The second-order valence-corrected chi connectivity index (χ2v) is 4.38. The minimum atomic E-state index is -0.788. The number of aromatic nitrogens is 1. The minimum absolute atomic E-state index is 0.0453. The fourth-order valence-corrected chi connectivity index (χ4v) is 1.95. The average molecular weight is 303 g/mol. The number of carbonyl (C=O) groups is 1. The summed E-state index contributed by atoms with van der Waals surface area (Å²) >= 11 is 11.5. The first kappa shape index (κ1) is 13.7. The first-order valence-corrected chi connectivity index (χ1v) is 5.80. The third kappa shape index (κ3) is 3.19. The first-order valence-electron chi connectivity index (χ1n) is 5.05. The highest BCUT2D eigenvalue weighted by atomic mass is 35.5. The van der Waals surface area contributed by atoms with Gasteiger partial charge < -0.3 is 5.32 Å². The van der Waals surface area contributed by atoms with Crippen molar-refractivity contribution in [3.8, 4) is 0 Å². The van der Waals surface area contributed by atoms with Crippen molar-refractivity contribution in [2.24, 2.45) is 0 Å². The van der Waals surface area contributed by atoms with Gasteiger partial charge in [0.25, 0.3) is 5.91 Å². The quantitative estimate of drug-likeness (QED) is 0.854. The van der Waals surface area contributed by atoms with Crippen LogP contribution in [0.2, 0.25) is 10.0 Å². The van der Waals surface area contributed by atoms with Crippen LogP contribution >= 0.6 is 23.2 Å². The van der Waals surface area contributed by atoms with E-state index in [9.17, 15) is 13.6 Å². The van der Waals surface area contributed by atoms with E-state index in [0.29, 0.717) is 0 Å². The zero-order valence-electron chi connectivity index (χ0n) is 9.25. The van der Waals surface area contributed by atoms with Gasteiger partial charge in [-0.3, -0.25) is 4.79 Å². The van der Waals surface area contributed by atoms with Gasteiger partial charge >= 0.3 is 0 Å². The molecule has 0 spiro atoms. The summed E-state index contributed by atoms with van der Waals surface area (Å²) in [7, 11) is 0. The molecule has 0 aliphatic heterocycles. The standard InChI is InChI=1S/C12H6Cl2F2N2O/c13-8-4-7(15)5-9(14)11(8)18-12(19)6-1-2-17-10(16)3-6/h1-5H,(H,18,19). The normalized spacial score (nSPS) is 10.3. The fourth-order valence-electron chi connectivity index (χ4n) is 1.39. The van der Waals surface area contributed by atoms with E-state index in [4.69, 9.17) is 23.2 Å². The van der Waals surface area contributed by atoms with Gasteiger partial charge in [-0.05, 0) is 18.2 Å². The van der Waals surface area contributed by atoms with Crippen LogP contribution in [0.1, 0.15) is 10.4 Å². The van der Waals surface area contributed by atoms with Gasteiger partial charge in [0.2, 0.25) is 5.95 Å². The molecule has 0 saturated heterocycles. The Morgan fingerprint density at radius 1 is 1.16 bits per heavy atom. The monoisotopic (exact) mass is 302 g/mol. The third-order valence-corrected chi connectivity index (χ3v) is 2.83. The minimum Gasteiger partial charge on any atom is -0.319 e. The molecule has 19 heavy (non-hydrogen) atoms. The Balaban J connectivity index is 2.29. The summed E-state index contributed by atoms with van der Waals surface area (Å²) in [6.45, 7) is 0. The largest absolute Gasteiger partial charge is 0.319 e. The van der Waals surface area contributed by atoms with Crippen LogP contribution in [-0.4, -0.2) is 10.9 Å². The molecule has 3 nitrogen and oxygen atoms in total. The molecular formula is C12H6Cl2F2N2O. The zero-order valence-corrected chi connectivity index (χ0v) is 10.8. The van der Waals surface area contributed by atoms with Crippen molar-refractivity contribution in [3.63, 3.8) is 0 Å². The van der Waals surface area contributed by atoms with Crippen molar-refractivity contribution in [1.82, 2.24) is 4.98 Å². The molecule has 1 N–H and O–H groups in total. The van der Waals surface area contributed by atoms with Gasteiger partial charge in [0, 0.05) is 17.8 Å². The first-order chi connectivity index (χ1) is 8.97. The Kier molecular flexibility index (Phi) is 3.97. The molecule has 0 radical (unpaired) electrons. The number of anilines is 1. The average Bonchev–Trinajstić information content (AvgIpc) is 2.33. The smallest absolute Gasteiger partial charge is 0.255 e. The Morgan fingerprint density at radius 2 is 1.79 bits per heavy atom. The second-order valence-electron chi connectivity index (χ2n) is 3.57. The van der Waals surface area contributed by atoms with Crippen molar-refractivity contribution >= 4 is 34.8 Å². The second kappa shape index (κ2) is 5.50. The van der Waals surface area contributed by atoms with Crippen LogP contribution in [0.25, 0.3) is 0 Å². The van der Waals surface area contributed by atoms with Gasteiger partial charge in [0.1, 0.15) is 5.82 Å². The predicted molar refractivity (Wildman–Crippen MR) is 68.6 cm³/mol. The maximum absolute atomic E-state index is 13.0. The lowest BCUT2D eigenvalue weighted by Gasteiger charge is -2.09. The number of rotatable bonds is 2. The molecule has 0 unspecified atom stereocenters. The fraction of sp³-hybridized carbons (Fsp3) is 0. The molecule has 0 bridgehead atoms. The topological polar surface area (TPSA) is 42.0 Å². The number of pyridine rings is 1. The van der Waals surface area contributed by atoms with Crippen LogP contribution < -0.4 is 5.32 Å². The molecule has 2 aromatic rings. The van der Waals surface area contributed by atoms with Gasteiger partial charge in [-0.15, -0.1) is 0 Å². The summed E-state index contributed by atoms with van der Waals surface area (Å²) in [5.74, 6) is -2.04. The molecule has 0 fully saturated rings. The molecule has 1 aromatic heterocycles. The lowest BCUT2D eigenvalue weighted by Crippen LogP contribution is -2.13. The van der Waals surface area contributed by atoms with Gasteiger partial charge in [0.05, 0.1) is 15.7 Å². The summed E-state index contributed by atoms with van der Waals surface area (Å²) in [5.41, 5.74) is 0.107. The summed E-state index contributed by atoms with van der Waals surface area (Å²) < 4.78 is 25.9. The van der Waals surface area contributed by atoms with Crippen LogP contribution in [0, 0.1) is 11.8 Å². The van der Waals surface area contributed by atoms with E-state index in [1.165, 1.54) is 6.07 Å². The van der Waals surface area contributed by atoms with Crippen LogP contribution in [0.4, 0.5) is 14.5 Å². The molecule has 0 aliphatic carbocycles. The lowest BCUT2D eigenvalue weighted by molar-refractivity contribution is 0.102. The van der Waals surface area contributed by atoms with Crippen molar-refractivity contribution in [2.45, 2.75) is 0 Å². The van der Waals surface area contributed by atoms with Gasteiger partial charge in [0.15, 0.2) is 0 Å². The summed E-state index contributed by atoms with van der Waals surface area (Å²) in [6.07, 6.45) is 1.15. The number of nitrogens with zero attached hydrogens (tertiary/aromatic N) is 1. The van der Waals surface area contributed by atoms with Gasteiger partial charge in [-0.2, -0.15) is 4.39 Å². The molecule has 1 amide bonds. The molecule has 0 aliphatic rings. The van der Waals surface area contributed by atoms with Crippen LogP contribution in [-0.2, 0) is 0 Å². The Labute approximate surface area is 117 Å². The molecule has 7 heteroatoms. The highest BCUT2D eigenvalue weighted by Crippen LogP contribution is 2.31. The number of hydrogen-bond donors (Lipinski definition) is 1. The van der Waals surface area contributed by atoms with E-state index < -0.39 is 17.7 Å². The molecule has 0 atom stereocenters. The summed E-state index contributed by atoms with van der Waals surface area (Å²) in [4.78, 5) is 15.2. The van der Waals surface area contributed by atoms with E-state index in [-0.39, 0.29) is 21.3 Å². The van der Waals surface area contributed by atoms with Gasteiger partial charge in [-0.1, -0.05) is 23.2 Å². The number of carbonyl (C=O) groups excluding carboxylic acids is 1. The van der Waals surface area contributed by atoms with E-state index in [2.05, 4.69) is 10.3 Å². The Hall–Kier alpha value is -1.72. The Bertz CT molecular complexity index is 626. The predicted octanol–water partition coefficient (Wildman–Crippen LogP) is 3.92. The highest BCUT2D eigenvalue weighted by molar-refractivity contribution is 6.40. The van der Waals surface area contributed by atoms with Crippen molar-refractivity contribution in [2.75, 3.05) is 5.32 Å². The van der Waals surface area contributed by atoms with E-state index in [0.717, 1.165) is 24.4 Å². The van der Waals surface area contributed by atoms with Crippen LogP contribution in [0.15, 0.2) is 30.5 Å². The van der Waals surface area contributed by atoms with Crippen LogP contribution in [0.3, 0.4) is 0 Å². The van der Waals surface area contributed by atoms with E-state index >= 15 is 0 Å². The lowest BCUT2D eigenvalue weighted by atomic mass is 10.2. The number of nitrogens with one attached hydrogen (secondary N) is 1. The van der Waals surface area contributed by atoms with Crippen LogP contribution in [0.5, 0.6) is 0 Å². The highest BCUT2D eigenvalue weighted by Gasteiger charge is 2.13. The Morgan fingerprint density at radius 3 is 2.37 bits per heavy atom. The number of amides is 1. The molecule has 0 saturated carbocycles. The maximum Gasteiger partial charge on any atom is 0.255 e. The third-order valence-electron chi connectivity index (χ3n) is 2.23. The molecule has 1 heterocycles. The van der Waals surface area contributed by atoms with E-state index in [1.54, 1.807) is 0 Å². The molecular weight excluding hydrogens is 297 g/mol. The van der Waals surface area contributed by atoms with Gasteiger partial charge in [-0.25, -0.2) is 9.37 Å². The zero-order chi connectivity index (χ0) is 14.0. The number of halogens is 4. The SMILES string of the molecule is O=C(Nc1c(Cl)cc(F)cc1Cl)c1ccnc(F)c1. The van der Waals surface area contributed by atoms with Crippen molar-refractivity contribution < 1.29 is 13.6 Å². The maximum atomic E-state index is 13.0. The van der Waals surface area contributed by atoms with Crippen molar-refractivity contribution in [3.05, 3.63) is 57.8 Å². The van der Waals surface area contributed by atoms with Crippen molar-refractivity contribution in [1.29, 1.82) is 0 Å². The molecule has 1 aromatic carbocycles. The number of hydrogen-bond acceptors (Lipinski definition) is 2. The number of benzene rings is 1. The summed E-state index contributed by atoms with van der Waals surface area (Å²) in [6, 6.07) is 4.30. The molecule has 98 valence electrons. The molecule has 2 rings (SSSR count). The summed E-state index contributed by atoms with van der Waals surface area (Å²) in [5, 5.41) is 2.29.